The Kier molecular flexibility index (Phi) is 6.74. The third kappa shape index (κ3) is 5.73. The average Bonchev–Trinajstić information content (AvgIpc) is 2.67. The third-order valence-electron chi connectivity index (χ3n) is 5.10. The first-order valence-electron chi connectivity index (χ1n) is 9.64. The molecule has 0 atom stereocenters. The number of β-lactam (4-membered cyclic amide) rings is 1. The van der Waals surface area contributed by atoms with Crippen LogP contribution < -0.4 is 5.32 Å². The van der Waals surface area contributed by atoms with E-state index in [9.17, 15) is 18.4 Å². The zero-order valence-electron chi connectivity index (χ0n) is 15.9. The van der Waals surface area contributed by atoms with Gasteiger partial charge in [-0.1, -0.05) is 19.3 Å². The Hall–Kier alpha value is -3.03. The Labute approximate surface area is 167 Å². The summed E-state index contributed by atoms with van der Waals surface area (Å²) in [5, 5.41) is 10.5. The first-order valence-corrected chi connectivity index (χ1v) is 9.64. The summed E-state index contributed by atoms with van der Waals surface area (Å²) in [6.45, 7) is 1.03. The second kappa shape index (κ2) is 9.45. The van der Waals surface area contributed by atoms with Crippen LogP contribution in [-0.2, 0) is 4.79 Å². The van der Waals surface area contributed by atoms with Gasteiger partial charge in [-0.15, -0.1) is 0 Å². The lowest BCUT2D eigenvalue weighted by Gasteiger charge is -2.40. The number of nitrogens with one attached hydrogen (secondary N) is 1. The summed E-state index contributed by atoms with van der Waals surface area (Å²) in [7, 11) is 0. The second-order valence-corrected chi connectivity index (χ2v) is 7.15. The number of aromatic nitrogens is 1. The van der Waals surface area contributed by atoms with Crippen molar-refractivity contribution in [1.29, 1.82) is 0 Å². The number of amides is 2. The van der Waals surface area contributed by atoms with Crippen molar-refractivity contribution >= 4 is 17.8 Å². The van der Waals surface area contributed by atoms with Crippen molar-refractivity contribution in [3.05, 3.63) is 48.2 Å². The van der Waals surface area contributed by atoms with Gasteiger partial charge in [0.25, 0.3) is 0 Å². The molecule has 6 nitrogen and oxygen atoms in total. The van der Waals surface area contributed by atoms with E-state index in [0.29, 0.717) is 23.1 Å². The third-order valence-corrected chi connectivity index (χ3v) is 5.10. The number of halogens is 2. The van der Waals surface area contributed by atoms with Crippen molar-refractivity contribution in [2.24, 2.45) is 0 Å². The van der Waals surface area contributed by atoms with Crippen LogP contribution in [0.2, 0.25) is 0 Å². The fourth-order valence-corrected chi connectivity index (χ4v) is 3.58. The zero-order valence-corrected chi connectivity index (χ0v) is 15.9. The Morgan fingerprint density at radius 3 is 2.24 bits per heavy atom. The molecule has 1 aromatic carbocycles. The van der Waals surface area contributed by atoms with Gasteiger partial charge in [-0.25, -0.2) is 18.6 Å². The molecule has 2 aliphatic rings. The van der Waals surface area contributed by atoms with E-state index < -0.39 is 17.7 Å². The van der Waals surface area contributed by atoms with Gasteiger partial charge in [-0.2, -0.15) is 0 Å². The molecule has 1 saturated heterocycles. The first-order chi connectivity index (χ1) is 13.9. The Balaban J connectivity index is 0.000000186. The van der Waals surface area contributed by atoms with Crippen LogP contribution in [-0.4, -0.2) is 39.6 Å². The SMILES string of the molecule is O=C(O)Nc1ccc(-c2cc(F)cc(F)c2)cn1.O=C1CCN1C1CCCCC1. The number of nitrogens with zero attached hydrogens (tertiary/aromatic N) is 2. The number of carbonyl (C=O) groups excluding carboxylic acids is 1. The molecule has 0 radical (unpaired) electrons. The number of carbonyl (C=O) groups is 2. The quantitative estimate of drug-likeness (QED) is 0.730. The van der Waals surface area contributed by atoms with Crippen molar-refractivity contribution in [2.75, 3.05) is 11.9 Å². The second-order valence-electron chi connectivity index (χ2n) is 7.15. The average molecular weight is 403 g/mol. The van der Waals surface area contributed by atoms with Crippen molar-refractivity contribution in [2.45, 2.75) is 44.6 Å². The first kappa shape index (κ1) is 20.7. The highest BCUT2D eigenvalue weighted by atomic mass is 19.1. The largest absolute Gasteiger partial charge is 0.465 e. The lowest BCUT2D eigenvalue weighted by Crippen LogP contribution is -2.50. The highest BCUT2D eigenvalue weighted by Crippen LogP contribution is 2.26. The predicted molar refractivity (Wildman–Crippen MR) is 104 cm³/mol. The number of likely N-dealkylation sites (tertiary alicyclic amines) is 1. The molecule has 1 saturated carbocycles. The van der Waals surface area contributed by atoms with E-state index in [-0.39, 0.29) is 5.82 Å². The van der Waals surface area contributed by atoms with Crippen LogP contribution >= 0.6 is 0 Å². The van der Waals surface area contributed by atoms with Crippen molar-refractivity contribution in [1.82, 2.24) is 9.88 Å². The van der Waals surface area contributed by atoms with E-state index in [1.165, 1.54) is 62.6 Å². The maximum Gasteiger partial charge on any atom is 0.410 e. The molecule has 1 aliphatic heterocycles. The molecule has 8 heteroatoms. The van der Waals surface area contributed by atoms with Crippen LogP contribution in [0.1, 0.15) is 38.5 Å². The Bertz CT molecular complexity index is 848. The summed E-state index contributed by atoms with van der Waals surface area (Å²) >= 11 is 0. The number of hydrogen-bond donors (Lipinski definition) is 2. The molecule has 2 fully saturated rings. The van der Waals surface area contributed by atoms with E-state index in [1.807, 2.05) is 0 Å². The van der Waals surface area contributed by atoms with Crippen LogP contribution in [0.5, 0.6) is 0 Å². The minimum atomic E-state index is -1.23. The number of rotatable bonds is 3. The van der Waals surface area contributed by atoms with Crippen LogP contribution in [0.3, 0.4) is 0 Å². The highest BCUT2D eigenvalue weighted by Gasteiger charge is 2.31. The minimum absolute atomic E-state index is 0.142. The van der Waals surface area contributed by atoms with Gasteiger partial charge in [0.1, 0.15) is 17.5 Å². The highest BCUT2D eigenvalue weighted by molar-refractivity contribution is 5.82. The number of hydrogen-bond acceptors (Lipinski definition) is 3. The van der Waals surface area contributed by atoms with Crippen molar-refractivity contribution in [3.8, 4) is 11.1 Å². The molecule has 0 bridgehead atoms. The molecule has 29 heavy (non-hydrogen) atoms. The van der Waals surface area contributed by atoms with Crippen molar-refractivity contribution < 1.29 is 23.5 Å². The predicted octanol–water partition coefficient (Wildman–Crippen LogP) is 4.67. The van der Waals surface area contributed by atoms with E-state index >= 15 is 0 Å². The molecular formula is C21H23F2N3O3. The molecule has 2 aromatic rings. The van der Waals surface area contributed by atoms with Gasteiger partial charge in [0, 0.05) is 36.8 Å². The van der Waals surface area contributed by atoms with E-state index in [0.717, 1.165) is 19.0 Å². The molecule has 4 rings (SSSR count). The Morgan fingerprint density at radius 2 is 1.76 bits per heavy atom. The smallest absolute Gasteiger partial charge is 0.410 e. The van der Waals surface area contributed by atoms with Crippen LogP contribution in [0, 0.1) is 11.6 Å². The molecule has 2 amide bonds. The summed E-state index contributed by atoms with van der Waals surface area (Å²) in [5.74, 6) is -0.837. The molecule has 1 aromatic heterocycles. The monoisotopic (exact) mass is 403 g/mol. The summed E-state index contributed by atoms with van der Waals surface area (Å²) in [4.78, 5) is 27.3. The van der Waals surface area contributed by atoms with E-state index in [1.54, 1.807) is 0 Å². The standard InChI is InChI=1S/C12H8F2N2O2.C9H15NO/c13-9-3-8(4-10(14)5-9)7-1-2-11(15-6-7)16-12(17)18;11-9-6-7-10(9)8-4-2-1-3-5-8/h1-6H,(H,15,16)(H,17,18);8H,1-7H2. The van der Waals surface area contributed by atoms with Crippen LogP contribution in [0.15, 0.2) is 36.5 Å². The topological polar surface area (TPSA) is 82.5 Å². The fourth-order valence-electron chi connectivity index (χ4n) is 3.58. The van der Waals surface area contributed by atoms with Gasteiger partial charge >= 0.3 is 6.09 Å². The molecule has 1 aliphatic carbocycles. The van der Waals surface area contributed by atoms with E-state index in [4.69, 9.17) is 5.11 Å². The maximum absolute atomic E-state index is 13.0. The molecular weight excluding hydrogens is 380 g/mol. The number of benzene rings is 1. The van der Waals surface area contributed by atoms with Gasteiger partial charge in [0.2, 0.25) is 5.91 Å². The van der Waals surface area contributed by atoms with Gasteiger partial charge in [0.15, 0.2) is 0 Å². The number of pyridine rings is 1. The summed E-state index contributed by atoms with van der Waals surface area (Å²) in [6, 6.07) is 6.66. The van der Waals surface area contributed by atoms with Crippen LogP contribution in [0.4, 0.5) is 19.4 Å². The molecule has 0 unspecified atom stereocenters. The maximum atomic E-state index is 13.0. The lowest BCUT2D eigenvalue weighted by atomic mass is 9.92. The zero-order chi connectivity index (χ0) is 20.8. The summed E-state index contributed by atoms with van der Waals surface area (Å²) in [6.07, 6.45) is 7.45. The lowest BCUT2D eigenvalue weighted by molar-refractivity contribution is -0.143. The molecule has 0 spiro atoms. The molecule has 2 heterocycles. The van der Waals surface area contributed by atoms with E-state index in [2.05, 4.69) is 15.2 Å². The van der Waals surface area contributed by atoms with Gasteiger partial charge in [-0.05, 0) is 42.7 Å². The fraction of sp³-hybridized carbons (Fsp3) is 0.381. The van der Waals surface area contributed by atoms with Gasteiger partial charge in [-0.3, -0.25) is 10.1 Å². The van der Waals surface area contributed by atoms with Gasteiger partial charge in [0.05, 0.1) is 0 Å². The molecule has 154 valence electrons. The summed E-state index contributed by atoms with van der Waals surface area (Å²) in [5.41, 5.74) is 0.825. The van der Waals surface area contributed by atoms with Crippen LogP contribution in [0.25, 0.3) is 11.1 Å². The normalized spacial score (nSPS) is 16.5. The number of carboxylic acid groups (broad SMARTS) is 1. The van der Waals surface area contributed by atoms with Crippen molar-refractivity contribution in [3.63, 3.8) is 0 Å². The minimum Gasteiger partial charge on any atom is -0.465 e. The molecule has 2 N–H and O–H groups in total. The van der Waals surface area contributed by atoms with Gasteiger partial charge < -0.3 is 10.0 Å². The Morgan fingerprint density at radius 1 is 1.07 bits per heavy atom. The summed E-state index contributed by atoms with van der Waals surface area (Å²) < 4.78 is 26.0. The number of anilines is 1.